The summed E-state index contributed by atoms with van der Waals surface area (Å²) in [4.78, 5) is 29.4. The van der Waals surface area contributed by atoms with Gasteiger partial charge in [-0.3, -0.25) is 4.57 Å². The molecule has 22 heavy (non-hydrogen) atoms. The third kappa shape index (κ3) is 3.25. The van der Waals surface area contributed by atoms with Crippen molar-refractivity contribution in [2.24, 2.45) is 0 Å². The Balaban J connectivity index is 2.46. The summed E-state index contributed by atoms with van der Waals surface area (Å²) >= 11 is 0.933. The third-order valence-corrected chi connectivity index (χ3v) is 4.70. The molecule has 1 unspecified atom stereocenters. The highest BCUT2D eigenvalue weighted by atomic mass is 32.1. The Kier molecular flexibility index (Phi) is 4.77. The van der Waals surface area contributed by atoms with E-state index < -0.39 is 30.9 Å². The first-order valence-electron chi connectivity index (χ1n) is 5.95. The summed E-state index contributed by atoms with van der Waals surface area (Å²) in [5, 5.41) is -0.0934. The first-order chi connectivity index (χ1) is 10.3. The number of fused-ring (bicyclic) bond motifs is 1. The molecule has 0 bridgehead atoms. The zero-order valence-corrected chi connectivity index (χ0v) is 12.7. The fourth-order valence-corrected chi connectivity index (χ4v) is 3.28. The molecule has 0 amide bonds. The summed E-state index contributed by atoms with van der Waals surface area (Å²) in [6.07, 6.45) is 1.37. The summed E-state index contributed by atoms with van der Waals surface area (Å²) < 4.78 is 44.0. The summed E-state index contributed by atoms with van der Waals surface area (Å²) in [6.45, 7) is 3.38. The molecule has 2 rings (SSSR count). The van der Waals surface area contributed by atoms with Crippen LogP contribution in [0, 0.1) is 5.82 Å². The lowest BCUT2D eigenvalue weighted by atomic mass is 10.1. The second-order valence-electron chi connectivity index (χ2n) is 4.30. The maximum absolute atomic E-state index is 14.2. The number of ether oxygens (including phenoxy) is 1. The van der Waals surface area contributed by atoms with Gasteiger partial charge in [0.15, 0.2) is 0 Å². The molecule has 1 aromatic heterocycles. The van der Waals surface area contributed by atoms with Gasteiger partial charge in [0.2, 0.25) is 5.91 Å². The quantitative estimate of drug-likeness (QED) is 0.491. The summed E-state index contributed by atoms with van der Waals surface area (Å²) in [7, 11) is -5.12. The second kappa shape index (κ2) is 6.26. The standard InChI is InChI=1S/C13H11F2O5PS/c1-2-5-20-13(16)10-6-8-9(22-10)4-3-7(11(8)14)12(15)21(17,18)19/h2-4,6,12H,1,5H2,(H2,17,18,19). The van der Waals surface area contributed by atoms with Gasteiger partial charge < -0.3 is 14.5 Å². The predicted octanol–water partition coefficient (Wildman–Crippen LogP) is 3.53. The molecule has 9 heteroatoms. The van der Waals surface area contributed by atoms with Crippen LogP contribution in [-0.2, 0) is 9.30 Å². The van der Waals surface area contributed by atoms with Crippen LogP contribution >= 0.6 is 18.9 Å². The molecule has 0 aliphatic carbocycles. The molecule has 1 aromatic carbocycles. The van der Waals surface area contributed by atoms with E-state index in [1.54, 1.807) is 0 Å². The van der Waals surface area contributed by atoms with Gasteiger partial charge in [0.25, 0.3) is 0 Å². The van der Waals surface area contributed by atoms with E-state index in [1.807, 2.05) is 0 Å². The minimum absolute atomic E-state index is 0.00836. The lowest BCUT2D eigenvalue weighted by Gasteiger charge is -2.11. The average molecular weight is 348 g/mol. The maximum atomic E-state index is 14.2. The molecular weight excluding hydrogens is 337 g/mol. The molecule has 2 N–H and O–H groups in total. The molecule has 0 spiro atoms. The van der Waals surface area contributed by atoms with E-state index in [1.165, 1.54) is 12.1 Å². The molecule has 0 fully saturated rings. The van der Waals surface area contributed by atoms with Gasteiger partial charge in [-0.15, -0.1) is 11.3 Å². The van der Waals surface area contributed by atoms with Crippen molar-refractivity contribution >= 4 is 35.0 Å². The van der Waals surface area contributed by atoms with Crippen molar-refractivity contribution < 1.29 is 32.7 Å². The Morgan fingerprint density at radius 2 is 2.18 bits per heavy atom. The van der Waals surface area contributed by atoms with Crippen LogP contribution in [0.1, 0.15) is 21.1 Å². The molecule has 0 radical (unpaired) electrons. The molecule has 1 atom stereocenters. The summed E-state index contributed by atoms with van der Waals surface area (Å²) in [5.74, 6) is -4.55. The topological polar surface area (TPSA) is 83.8 Å². The SMILES string of the molecule is C=CCOC(=O)c1cc2c(F)c(C(F)P(=O)(O)O)ccc2s1. The third-order valence-electron chi connectivity index (χ3n) is 2.75. The normalized spacial score (nSPS) is 13.1. The van der Waals surface area contributed by atoms with E-state index in [0.29, 0.717) is 4.70 Å². The van der Waals surface area contributed by atoms with E-state index >= 15 is 0 Å². The van der Waals surface area contributed by atoms with Gasteiger partial charge in [-0.05, 0) is 12.1 Å². The number of carbonyl (C=O) groups is 1. The number of esters is 1. The van der Waals surface area contributed by atoms with Crippen molar-refractivity contribution in [1.82, 2.24) is 0 Å². The number of thiophene rings is 1. The maximum Gasteiger partial charge on any atom is 0.364 e. The van der Waals surface area contributed by atoms with Crippen LogP contribution in [0.2, 0.25) is 0 Å². The Morgan fingerprint density at radius 3 is 2.77 bits per heavy atom. The summed E-state index contributed by atoms with van der Waals surface area (Å²) in [5.41, 5.74) is -0.746. The smallest absolute Gasteiger partial charge is 0.364 e. The molecule has 0 aliphatic heterocycles. The Hall–Kier alpha value is -1.60. The monoisotopic (exact) mass is 348 g/mol. The van der Waals surface area contributed by atoms with Crippen LogP contribution in [-0.4, -0.2) is 22.4 Å². The highest BCUT2D eigenvalue weighted by molar-refractivity contribution is 7.51. The Labute approximate surface area is 128 Å². The molecule has 0 saturated heterocycles. The number of alkyl halides is 1. The van der Waals surface area contributed by atoms with E-state index in [9.17, 15) is 18.1 Å². The van der Waals surface area contributed by atoms with Crippen LogP contribution in [0.4, 0.5) is 8.78 Å². The minimum atomic E-state index is -5.12. The largest absolute Gasteiger partial charge is 0.457 e. The van der Waals surface area contributed by atoms with Crippen LogP contribution in [0.3, 0.4) is 0 Å². The highest BCUT2D eigenvalue weighted by Gasteiger charge is 2.33. The van der Waals surface area contributed by atoms with Gasteiger partial charge in [-0.25, -0.2) is 13.6 Å². The average Bonchev–Trinajstić information content (AvgIpc) is 2.88. The molecule has 1 heterocycles. The molecule has 2 aromatic rings. The zero-order valence-electron chi connectivity index (χ0n) is 11.0. The number of benzene rings is 1. The Morgan fingerprint density at radius 1 is 1.50 bits per heavy atom. The van der Waals surface area contributed by atoms with Gasteiger partial charge in [-0.2, -0.15) is 0 Å². The number of carbonyl (C=O) groups excluding carboxylic acids is 1. The van der Waals surface area contributed by atoms with E-state index in [2.05, 4.69) is 6.58 Å². The van der Waals surface area contributed by atoms with Crippen molar-refractivity contribution in [2.45, 2.75) is 5.91 Å². The van der Waals surface area contributed by atoms with Crippen LogP contribution in [0.25, 0.3) is 10.1 Å². The Bertz CT molecular complexity index is 782. The number of hydrogen-bond acceptors (Lipinski definition) is 4. The molecule has 0 saturated carbocycles. The lowest BCUT2D eigenvalue weighted by Crippen LogP contribution is -2.02. The zero-order chi connectivity index (χ0) is 16.5. The number of halogens is 2. The minimum Gasteiger partial charge on any atom is -0.457 e. The van der Waals surface area contributed by atoms with Gasteiger partial charge in [0, 0.05) is 15.6 Å². The van der Waals surface area contributed by atoms with Crippen molar-refractivity contribution in [3.05, 3.63) is 47.1 Å². The van der Waals surface area contributed by atoms with Crippen LogP contribution in [0.5, 0.6) is 0 Å². The van der Waals surface area contributed by atoms with Crippen LogP contribution in [0.15, 0.2) is 30.9 Å². The van der Waals surface area contributed by atoms with Gasteiger partial charge in [-0.1, -0.05) is 18.7 Å². The van der Waals surface area contributed by atoms with Crippen LogP contribution < -0.4 is 0 Å². The highest BCUT2D eigenvalue weighted by Crippen LogP contribution is 2.53. The molecule has 0 aliphatic rings. The first kappa shape index (κ1) is 16.8. The number of hydrogen-bond donors (Lipinski definition) is 2. The van der Waals surface area contributed by atoms with E-state index in [0.717, 1.165) is 23.5 Å². The second-order valence-corrected chi connectivity index (χ2v) is 7.02. The number of rotatable bonds is 5. The van der Waals surface area contributed by atoms with Crippen molar-refractivity contribution in [3.63, 3.8) is 0 Å². The van der Waals surface area contributed by atoms with E-state index in [4.69, 9.17) is 14.5 Å². The van der Waals surface area contributed by atoms with Gasteiger partial charge in [0.05, 0.1) is 0 Å². The van der Waals surface area contributed by atoms with Crippen molar-refractivity contribution in [1.29, 1.82) is 0 Å². The predicted molar refractivity (Wildman–Crippen MR) is 78.2 cm³/mol. The summed E-state index contributed by atoms with van der Waals surface area (Å²) in [6, 6.07) is 3.42. The first-order valence-corrected chi connectivity index (χ1v) is 8.44. The fourth-order valence-electron chi connectivity index (χ4n) is 1.77. The molecule has 5 nitrogen and oxygen atoms in total. The van der Waals surface area contributed by atoms with Crippen molar-refractivity contribution in [2.75, 3.05) is 6.61 Å². The van der Waals surface area contributed by atoms with Gasteiger partial charge >= 0.3 is 13.6 Å². The molecule has 118 valence electrons. The molecular formula is C13H11F2O5PS. The lowest BCUT2D eigenvalue weighted by molar-refractivity contribution is 0.0555. The van der Waals surface area contributed by atoms with Gasteiger partial charge in [0.1, 0.15) is 17.3 Å². The van der Waals surface area contributed by atoms with Crippen molar-refractivity contribution in [3.8, 4) is 0 Å². The van der Waals surface area contributed by atoms with E-state index in [-0.39, 0.29) is 16.9 Å². The fraction of sp³-hybridized carbons (Fsp3) is 0.154.